The molecule has 0 aromatic heterocycles. The molecule has 4 aliphatic carbocycles. The van der Waals surface area contributed by atoms with Crippen molar-refractivity contribution >= 4 is 45.0 Å². The Bertz CT molecular complexity index is 1350. The van der Waals surface area contributed by atoms with E-state index in [0.29, 0.717) is 17.5 Å². The van der Waals surface area contributed by atoms with Crippen molar-refractivity contribution in [2.75, 3.05) is 11.6 Å². The first-order valence-electron chi connectivity index (χ1n) is 12.0. The highest BCUT2D eigenvalue weighted by atomic mass is 79.9. The average Bonchev–Trinajstić information content (AvgIpc) is 3.66. The van der Waals surface area contributed by atoms with Gasteiger partial charge in [0.05, 0.1) is 16.8 Å². The summed E-state index contributed by atoms with van der Waals surface area (Å²) in [6.07, 6.45) is 5.30. The van der Waals surface area contributed by atoms with Crippen LogP contribution in [-0.4, -0.2) is 34.2 Å². The Morgan fingerprint density at radius 1 is 1.06 bits per heavy atom. The number of nitro groups is 1. The van der Waals surface area contributed by atoms with Crippen LogP contribution in [0.5, 0.6) is 0 Å². The highest BCUT2D eigenvalue weighted by Gasteiger charge is 2.67. The van der Waals surface area contributed by atoms with Crippen LogP contribution in [0, 0.1) is 59.5 Å². The van der Waals surface area contributed by atoms with E-state index in [4.69, 9.17) is 0 Å². The lowest BCUT2D eigenvalue weighted by Crippen LogP contribution is -2.45. The molecule has 9 heteroatoms. The minimum absolute atomic E-state index is 0.0871. The van der Waals surface area contributed by atoms with Gasteiger partial charge in [0.15, 0.2) is 0 Å². The van der Waals surface area contributed by atoms with Crippen molar-refractivity contribution in [2.24, 2.45) is 35.5 Å². The van der Waals surface area contributed by atoms with Gasteiger partial charge in [-0.2, -0.15) is 0 Å². The molecule has 3 amide bonds. The van der Waals surface area contributed by atoms with Crippen LogP contribution in [0.25, 0.3) is 0 Å². The first-order chi connectivity index (χ1) is 17.2. The van der Waals surface area contributed by atoms with Crippen LogP contribution in [0.15, 0.2) is 53.0 Å². The molecule has 1 heterocycles. The number of non-ortho nitro benzene ring substituents is 1. The maximum atomic E-state index is 13.8. The van der Waals surface area contributed by atoms with Crippen molar-refractivity contribution < 1.29 is 19.3 Å². The maximum absolute atomic E-state index is 13.8. The van der Waals surface area contributed by atoms with Gasteiger partial charge in [0.1, 0.15) is 6.67 Å². The summed E-state index contributed by atoms with van der Waals surface area (Å²) in [6, 6.07) is 9.09. The highest BCUT2D eigenvalue weighted by Crippen LogP contribution is 2.65. The first-order valence-corrected chi connectivity index (χ1v) is 12.8. The number of nitrogens with zero attached hydrogens (tertiary/aromatic N) is 3. The number of amides is 3. The maximum Gasteiger partial charge on any atom is 0.270 e. The van der Waals surface area contributed by atoms with Gasteiger partial charge in [0.25, 0.3) is 11.6 Å². The van der Waals surface area contributed by atoms with Gasteiger partial charge in [-0.25, -0.2) is 0 Å². The lowest BCUT2D eigenvalue weighted by molar-refractivity contribution is -0.384. The number of rotatable bonds is 5. The molecule has 2 bridgehead atoms. The third kappa shape index (κ3) is 3.28. The fraction of sp³-hybridized carbons (Fsp3) is 0.370. The Balaban J connectivity index is 1.39. The van der Waals surface area contributed by atoms with E-state index < -0.39 is 10.8 Å². The molecule has 184 valence electrons. The summed E-state index contributed by atoms with van der Waals surface area (Å²) in [5, 5.41) is 11.3. The normalized spacial score (nSPS) is 29.2. The number of benzene rings is 2. The van der Waals surface area contributed by atoms with Gasteiger partial charge in [0.2, 0.25) is 11.8 Å². The molecule has 1 aliphatic heterocycles. The fourth-order valence-corrected chi connectivity index (χ4v) is 6.95. The number of carbonyl (C=O) groups is 3. The van der Waals surface area contributed by atoms with Crippen LogP contribution in [0.4, 0.5) is 11.4 Å². The molecule has 2 aromatic rings. The van der Waals surface area contributed by atoms with Crippen molar-refractivity contribution in [1.82, 2.24) is 4.90 Å². The molecule has 5 aliphatic rings. The van der Waals surface area contributed by atoms with Crippen LogP contribution in [0.3, 0.4) is 0 Å². The molecule has 6 unspecified atom stereocenters. The van der Waals surface area contributed by atoms with E-state index in [1.165, 1.54) is 34.1 Å². The molecule has 3 fully saturated rings. The molecular formula is C27H24BrN3O5. The molecule has 2 saturated carbocycles. The molecule has 0 spiro atoms. The average molecular weight is 550 g/mol. The number of hydrogen-bond donors (Lipinski definition) is 0. The Hall–Kier alpha value is -3.33. The number of halogens is 1. The number of anilines is 1. The van der Waals surface area contributed by atoms with Crippen molar-refractivity contribution in [3.8, 4) is 0 Å². The summed E-state index contributed by atoms with van der Waals surface area (Å²) in [6.45, 7) is 3.55. The van der Waals surface area contributed by atoms with Crippen LogP contribution in [0.1, 0.15) is 27.9 Å². The van der Waals surface area contributed by atoms with Gasteiger partial charge in [-0.15, -0.1) is 0 Å². The number of hydrogen-bond acceptors (Lipinski definition) is 5. The summed E-state index contributed by atoms with van der Waals surface area (Å²) in [4.78, 5) is 54.5. The van der Waals surface area contributed by atoms with Gasteiger partial charge in [-0.1, -0.05) is 34.1 Å². The molecule has 1 saturated heterocycles. The first kappa shape index (κ1) is 23.1. The zero-order chi connectivity index (χ0) is 25.5. The Morgan fingerprint density at radius 2 is 1.69 bits per heavy atom. The van der Waals surface area contributed by atoms with Crippen LogP contribution in [0.2, 0.25) is 0 Å². The minimum atomic E-state index is -0.553. The number of nitro benzene ring substituents is 1. The second-order valence-electron chi connectivity index (χ2n) is 10.3. The molecule has 36 heavy (non-hydrogen) atoms. The van der Waals surface area contributed by atoms with E-state index in [0.717, 1.165) is 22.0 Å². The molecular weight excluding hydrogens is 526 g/mol. The monoisotopic (exact) mass is 549 g/mol. The summed E-state index contributed by atoms with van der Waals surface area (Å²) in [5.41, 5.74) is 2.18. The van der Waals surface area contributed by atoms with Crippen molar-refractivity contribution in [3.05, 3.63) is 79.8 Å². The molecule has 7 rings (SSSR count). The second kappa shape index (κ2) is 8.09. The summed E-state index contributed by atoms with van der Waals surface area (Å²) in [7, 11) is 0. The van der Waals surface area contributed by atoms with Gasteiger partial charge in [0, 0.05) is 27.9 Å². The predicted molar refractivity (Wildman–Crippen MR) is 135 cm³/mol. The van der Waals surface area contributed by atoms with Gasteiger partial charge in [-0.05, 0) is 73.3 Å². The summed E-state index contributed by atoms with van der Waals surface area (Å²) < 4.78 is 0.868. The lowest BCUT2D eigenvalue weighted by atomic mass is 9.63. The number of likely N-dealkylation sites (tertiary alicyclic amines) is 1. The largest absolute Gasteiger partial charge is 0.289 e. The molecule has 0 N–H and O–H groups in total. The number of allylic oxidation sites excluding steroid dienone is 2. The number of imide groups is 1. The lowest BCUT2D eigenvalue weighted by Gasteiger charge is -2.37. The third-order valence-electron chi connectivity index (χ3n) is 8.57. The molecule has 0 radical (unpaired) electrons. The number of carbonyl (C=O) groups excluding carboxylic acids is 3. The van der Waals surface area contributed by atoms with Crippen LogP contribution < -0.4 is 4.90 Å². The van der Waals surface area contributed by atoms with Gasteiger partial charge >= 0.3 is 0 Å². The van der Waals surface area contributed by atoms with Crippen molar-refractivity contribution in [3.63, 3.8) is 0 Å². The van der Waals surface area contributed by atoms with E-state index in [9.17, 15) is 24.5 Å². The van der Waals surface area contributed by atoms with E-state index >= 15 is 0 Å². The van der Waals surface area contributed by atoms with Gasteiger partial charge < -0.3 is 0 Å². The smallest absolute Gasteiger partial charge is 0.270 e. The van der Waals surface area contributed by atoms with E-state index in [-0.39, 0.29) is 53.4 Å². The zero-order valence-electron chi connectivity index (χ0n) is 19.8. The summed E-state index contributed by atoms with van der Waals surface area (Å²) in [5.74, 6) is -0.543. The Labute approximate surface area is 216 Å². The Morgan fingerprint density at radius 3 is 2.31 bits per heavy atom. The van der Waals surface area contributed by atoms with Crippen molar-refractivity contribution in [2.45, 2.75) is 20.3 Å². The topological polar surface area (TPSA) is 101 Å². The quantitative estimate of drug-likeness (QED) is 0.234. The van der Waals surface area contributed by atoms with E-state index in [1.54, 1.807) is 6.07 Å². The zero-order valence-corrected chi connectivity index (χ0v) is 21.3. The fourth-order valence-electron chi connectivity index (χ4n) is 6.52. The van der Waals surface area contributed by atoms with E-state index in [1.807, 2.05) is 19.9 Å². The second-order valence-corrected chi connectivity index (χ2v) is 11.1. The third-order valence-corrected chi connectivity index (χ3v) is 9.43. The molecule has 2 aromatic carbocycles. The van der Waals surface area contributed by atoms with Crippen LogP contribution >= 0.6 is 15.9 Å². The highest BCUT2D eigenvalue weighted by molar-refractivity contribution is 9.10. The molecule has 8 nitrogen and oxygen atoms in total. The minimum Gasteiger partial charge on any atom is -0.289 e. The Kier molecular flexibility index (Phi) is 5.19. The SMILES string of the molecule is Cc1c(Br)ccc(N(CN2C(=O)C3C4C=CC(C5CC45)C3C2=O)C(=O)c2cccc([N+](=O)[O-])c2)c1C. The predicted octanol–water partition coefficient (Wildman–Crippen LogP) is 4.63. The standard InChI is InChI=1S/C27H24BrN3O5/c1-13-14(2)22(9-8-21(13)28)29(25(32)15-4-3-5-16(10-15)31(35)36)12-30-26(33)23-17-6-7-18(20-11-19(17)20)24(23)27(30)34/h3-10,17-20,23-24H,11-12H2,1-2H3. The van der Waals surface area contributed by atoms with Crippen molar-refractivity contribution in [1.29, 1.82) is 0 Å². The molecule has 6 atom stereocenters. The van der Waals surface area contributed by atoms with E-state index in [2.05, 4.69) is 28.1 Å². The van der Waals surface area contributed by atoms with Gasteiger partial charge in [-0.3, -0.25) is 34.3 Å². The van der Waals surface area contributed by atoms with Crippen LogP contribution in [-0.2, 0) is 9.59 Å². The summed E-state index contributed by atoms with van der Waals surface area (Å²) >= 11 is 3.51.